The quantitative estimate of drug-likeness (QED) is 0.664. The lowest BCUT2D eigenvalue weighted by Crippen LogP contribution is -1.99. The highest BCUT2D eigenvalue weighted by molar-refractivity contribution is 7.12. The van der Waals surface area contributed by atoms with Crippen LogP contribution in [0.1, 0.15) is 20.0 Å². The maximum Gasteiger partial charge on any atom is 0.348 e. The first-order valence-corrected chi connectivity index (χ1v) is 6.20. The molecule has 5 nitrogen and oxygen atoms in total. The average Bonchev–Trinajstić information content (AvgIpc) is 2.86. The molecule has 0 spiro atoms. The Morgan fingerprint density at radius 2 is 1.95 bits per heavy atom. The van der Waals surface area contributed by atoms with Gasteiger partial charge in [-0.1, -0.05) is 0 Å². The molecule has 0 unspecified atom stereocenters. The van der Waals surface area contributed by atoms with E-state index in [0.29, 0.717) is 16.1 Å². The molecule has 1 aromatic heterocycles. The number of carbonyl (C=O) groups excluding carboxylic acids is 1. The topological polar surface area (TPSA) is 89.6 Å². The van der Waals surface area contributed by atoms with Crippen LogP contribution in [0.4, 0.5) is 5.69 Å². The molecule has 0 fully saturated rings. The molecule has 98 valence electrons. The standard InChI is InChI=1S/C13H11NO4S/c1-18-13(17)11-5-9(6-19-11)7-2-8(12(15)16)4-10(14)3-7/h2-6H,14H2,1H3,(H,15,16). The van der Waals surface area contributed by atoms with Crippen LogP contribution in [0, 0.1) is 0 Å². The van der Waals surface area contributed by atoms with Crippen molar-refractivity contribution < 1.29 is 19.4 Å². The number of ether oxygens (including phenoxy) is 1. The summed E-state index contributed by atoms with van der Waals surface area (Å²) in [4.78, 5) is 22.8. The third-order valence-electron chi connectivity index (χ3n) is 2.52. The molecule has 1 aromatic carbocycles. The van der Waals surface area contributed by atoms with E-state index in [0.717, 1.165) is 5.56 Å². The van der Waals surface area contributed by atoms with E-state index in [1.165, 1.54) is 30.6 Å². The lowest BCUT2D eigenvalue weighted by molar-refractivity contribution is 0.0605. The Morgan fingerprint density at radius 1 is 1.21 bits per heavy atom. The summed E-state index contributed by atoms with van der Waals surface area (Å²) in [5, 5.41) is 10.7. The lowest BCUT2D eigenvalue weighted by Gasteiger charge is -2.03. The Bertz CT molecular complexity index is 648. The fourth-order valence-electron chi connectivity index (χ4n) is 1.64. The summed E-state index contributed by atoms with van der Waals surface area (Å²) in [5.41, 5.74) is 7.54. The Labute approximate surface area is 113 Å². The van der Waals surface area contributed by atoms with E-state index in [-0.39, 0.29) is 5.56 Å². The number of nitrogen functional groups attached to an aromatic ring is 1. The fraction of sp³-hybridized carbons (Fsp3) is 0.0769. The number of carboxylic acid groups (broad SMARTS) is 1. The highest BCUT2D eigenvalue weighted by Gasteiger charge is 2.12. The summed E-state index contributed by atoms with van der Waals surface area (Å²) >= 11 is 1.23. The summed E-state index contributed by atoms with van der Waals surface area (Å²) in [7, 11) is 1.31. The number of nitrogens with two attached hydrogens (primary N) is 1. The molecule has 0 aliphatic heterocycles. The lowest BCUT2D eigenvalue weighted by atomic mass is 10.0. The number of carbonyl (C=O) groups is 2. The second-order valence-electron chi connectivity index (χ2n) is 3.84. The van der Waals surface area contributed by atoms with Crippen molar-refractivity contribution >= 4 is 29.0 Å². The van der Waals surface area contributed by atoms with Crippen molar-refractivity contribution in [3.8, 4) is 11.1 Å². The molecule has 0 aliphatic carbocycles. The van der Waals surface area contributed by atoms with Crippen molar-refractivity contribution in [2.24, 2.45) is 0 Å². The maximum absolute atomic E-state index is 11.4. The van der Waals surface area contributed by atoms with Crippen LogP contribution in [-0.4, -0.2) is 24.2 Å². The van der Waals surface area contributed by atoms with Crippen molar-refractivity contribution in [3.63, 3.8) is 0 Å². The Balaban J connectivity index is 2.44. The van der Waals surface area contributed by atoms with Crippen LogP contribution in [0.25, 0.3) is 11.1 Å². The molecular formula is C13H11NO4S. The summed E-state index contributed by atoms with van der Waals surface area (Å²) in [5.74, 6) is -1.46. The van der Waals surface area contributed by atoms with Crippen LogP contribution < -0.4 is 5.73 Å². The van der Waals surface area contributed by atoms with Gasteiger partial charge in [0.25, 0.3) is 0 Å². The molecule has 0 atom stereocenters. The number of anilines is 1. The van der Waals surface area contributed by atoms with Gasteiger partial charge in [0.2, 0.25) is 0 Å². The van der Waals surface area contributed by atoms with Gasteiger partial charge in [0.05, 0.1) is 12.7 Å². The summed E-state index contributed by atoms with van der Waals surface area (Å²) in [6.45, 7) is 0. The number of thiophene rings is 1. The van der Waals surface area contributed by atoms with Crippen LogP contribution in [-0.2, 0) is 4.74 Å². The van der Waals surface area contributed by atoms with Crippen molar-refractivity contribution in [2.75, 3.05) is 12.8 Å². The number of methoxy groups -OCH3 is 1. The van der Waals surface area contributed by atoms with E-state index < -0.39 is 11.9 Å². The zero-order valence-electron chi connectivity index (χ0n) is 10.0. The third-order valence-corrected chi connectivity index (χ3v) is 3.43. The van der Waals surface area contributed by atoms with Crippen molar-refractivity contribution in [1.29, 1.82) is 0 Å². The van der Waals surface area contributed by atoms with E-state index in [1.54, 1.807) is 17.5 Å². The summed E-state index contributed by atoms with van der Waals surface area (Å²) < 4.78 is 4.62. The van der Waals surface area contributed by atoms with Crippen LogP contribution in [0.5, 0.6) is 0 Å². The number of aromatic carboxylic acids is 1. The first-order chi connectivity index (χ1) is 9.01. The Kier molecular flexibility index (Phi) is 3.52. The SMILES string of the molecule is COC(=O)c1cc(-c2cc(N)cc(C(=O)O)c2)cs1. The van der Waals surface area contributed by atoms with Gasteiger partial charge in [0, 0.05) is 5.69 Å². The van der Waals surface area contributed by atoms with Crippen molar-refractivity contribution in [3.05, 3.63) is 40.1 Å². The first-order valence-electron chi connectivity index (χ1n) is 5.32. The van der Waals surface area contributed by atoms with Gasteiger partial charge in [-0.05, 0) is 40.8 Å². The number of esters is 1. The molecule has 6 heteroatoms. The molecule has 0 radical (unpaired) electrons. The second kappa shape index (κ2) is 5.11. The predicted molar refractivity (Wildman–Crippen MR) is 72.5 cm³/mol. The average molecular weight is 277 g/mol. The number of hydrogen-bond donors (Lipinski definition) is 2. The van der Waals surface area contributed by atoms with E-state index in [2.05, 4.69) is 4.74 Å². The van der Waals surface area contributed by atoms with E-state index in [1.807, 2.05) is 0 Å². The number of benzene rings is 1. The number of hydrogen-bond acceptors (Lipinski definition) is 5. The minimum Gasteiger partial charge on any atom is -0.478 e. The van der Waals surface area contributed by atoms with Crippen LogP contribution in [0.2, 0.25) is 0 Å². The zero-order valence-corrected chi connectivity index (χ0v) is 10.9. The van der Waals surface area contributed by atoms with Crippen molar-refractivity contribution in [1.82, 2.24) is 0 Å². The molecular weight excluding hydrogens is 266 g/mol. The van der Waals surface area contributed by atoms with E-state index >= 15 is 0 Å². The normalized spacial score (nSPS) is 10.2. The monoisotopic (exact) mass is 277 g/mol. The molecule has 2 aromatic rings. The largest absolute Gasteiger partial charge is 0.478 e. The van der Waals surface area contributed by atoms with Gasteiger partial charge in [-0.15, -0.1) is 11.3 Å². The number of rotatable bonds is 3. The summed E-state index contributed by atoms with van der Waals surface area (Å²) in [6.07, 6.45) is 0. The fourth-order valence-corrected chi connectivity index (χ4v) is 2.47. The van der Waals surface area contributed by atoms with Crippen LogP contribution >= 0.6 is 11.3 Å². The highest BCUT2D eigenvalue weighted by Crippen LogP contribution is 2.28. The van der Waals surface area contributed by atoms with Crippen molar-refractivity contribution in [2.45, 2.75) is 0 Å². The first kappa shape index (κ1) is 13.1. The molecule has 0 amide bonds. The smallest absolute Gasteiger partial charge is 0.348 e. The molecule has 0 aliphatic rings. The molecule has 19 heavy (non-hydrogen) atoms. The Morgan fingerprint density at radius 3 is 2.58 bits per heavy atom. The van der Waals surface area contributed by atoms with Gasteiger partial charge in [-0.25, -0.2) is 9.59 Å². The molecule has 3 N–H and O–H groups in total. The number of carboxylic acids is 1. The highest BCUT2D eigenvalue weighted by atomic mass is 32.1. The van der Waals surface area contributed by atoms with Crippen LogP contribution in [0.15, 0.2) is 29.6 Å². The van der Waals surface area contributed by atoms with Gasteiger partial charge >= 0.3 is 11.9 Å². The van der Waals surface area contributed by atoms with Gasteiger partial charge in [-0.3, -0.25) is 0 Å². The van der Waals surface area contributed by atoms with Gasteiger partial charge in [0.15, 0.2) is 0 Å². The predicted octanol–water partition coefficient (Wildman–Crippen LogP) is 2.48. The molecule has 1 heterocycles. The van der Waals surface area contributed by atoms with Crippen LogP contribution in [0.3, 0.4) is 0 Å². The minimum absolute atomic E-state index is 0.112. The third kappa shape index (κ3) is 2.74. The van der Waals surface area contributed by atoms with Gasteiger partial charge in [0.1, 0.15) is 4.88 Å². The molecule has 0 bridgehead atoms. The van der Waals surface area contributed by atoms with E-state index in [9.17, 15) is 9.59 Å². The maximum atomic E-state index is 11.4. The van der Waals surface area contributed by atoms with Gasteiger partial charge < -0.3 is 15.6 Å². The Hall–Kier alpha value is -2.34. The van der Waals surface area contributed by atoms with Gasteiger partial charge in [-0.2, -0.15) is 0 Å². The molecule has 0 saturated carbocycles. The molecule has 2 rings (SSSR count). The second-order valence-corrected chi connectivity index (χ2v) is 4.75. The minimum atomic E-state index is -1.04. The zero-order chi connectivity index (χ0) is 14.0. The summed E-state index contributed by atoms with van der Waals surface area (Å²) in [6, 6.07) is 6.22. The van der Waals surface area contributed by atoms with E-state index in [4.69, 9.17) is 10.8 Å². The molecule has 0 saturated heterocycles.